The largest absolute Gasteiger partial charge is 0.492 e. The third kappa shape index (κ3) is 4.31. The Bertz CT molecular complexity index is 284. The van der Waals surface area contributed by atoms with E-state index in [1.807, 2.05) is 32.3 Å². The lowest BCUT2D eigenvalue weighted by atomic mass is 10.3. The molecule has 0 N–H and O–H groups in total. The van der Waals surface area contributed by atoms with Crippen molar-refractivity contribution in [1.29, 1.82) is 0 Å². The molecule has 0 unspecified atom stereocenters. The van der Waals surface area contributed by atoms with Gasteiger partial charge >= 0.3 is 0 Å². The van der Waals surface area contributed by atoms with E-state index in [1.165, 1.54) is 0 Å². The fraction of sp³-hybridized carbons (Fsp3) is 0.400. The summed E-state index contributed by atoms with van der Waals surface area (Å²) in [4.78, 5) is 2.07. The van der Waals surface area contributed by atoms with Gasteiger partial charge in [0.2, 0.25) is 0 Å². The molecule has 78 valence electrons. The summed E-state index contributed by atoms with van der Waals surface area (Å²) in [6.07, 6.45) is 0. The van der Waals surface area contributed by atoms with E-state index in [0.29, 0.717) is 11.6 Å². The molecule has 0 aliphatic heterocycles. The van der Waals surface area contributed by atoms with Crippen LogP contribution in [0.3, 0.4) is 0 Å². The molecule has 0 heterocycles. The molecule has 2 nitrogen and oxygen atoms in total. The third-order valence-electron chi connectivity index (χ3n) is 1.64. The van der Waals surface area contributed by atoms with Gasteiger partial charge in [0.25, 0.3) is 0 Å². The number of likely N-dealkylation sites (N-methyl/N-ethyl adjacent to an activating group) is 1. The maximum absolute atomic E-state index is 5.87. The molecule has 1 aromatic rings. The Morgan fingerprint density at radius 2 is 2.07 bits per heavy atom. The molecule has 0 saturated heterocycles. The number of rotatable bonds is 4. The summed E-state index contributed by atoms with van der Waals surface area (Å²) in [5, 5.41) is 0.680. The van der Waals surface area contributed by atoms with E-state index >= 15 is 0 Å². The van der Waals surface area contributed by atoms with Crippen LogP contribution in [0.4, 0.5) is 0 Å². The summed E-state index contributed by atoms with van der Waals surface area (Å²) < 4.78 is 6.46. The second-order valence-electron chi connectivity index (χ2n) is 3.26. The maximum Gasteiger partial charge on any atom is 0.121 e. The average molecular weight is 279 g/mol. The minimum Gasteiger partial charge on any atom is -0.492 e. The van der Waals surface area contributed by atoms with Gasteiger partial charge in [0.15, 0.2) is 0 Å². The highest BCUT2D eigenvalue weighted by molar-refractivity contribution is 9.10. The van der Waals surface area contributed by atoms with Crippen LogP contribution in [-0.2, 0) is 0 Å². The van der Waals surface area contributed by atoms with E-state index in [1.54, 1.807) is 0 Å². The van der Waals surface area contributed by atoms with E-state index in [4.69, 9.17) is 16.3 Å². The molecular formula is C10H13BrClNO. The summed E-state index contributed by atoms with van der Waals surface area (Å²) in [5.41, 5.74) is 0. The Hall–Kier alpha value is -0.250. The Balaban J connectivity index is 2.50. The van der Waals surface area contributed by atoms with Gasteiger partial charge < -0.3 is 9.64 Å². The van der Waals surface area contributed by atoms with Crippen LogP contribution >= 0.6 is 27.5 Å². The van der Waals surface area contributed by atoms with Gasteiger partial charge in [-0.2, -0.15) is 0 Å². The number of hydrogen-bond donors (Lipinski definition) is 0. The number of halogens is 2. The first kappa shape index (κ1) is 11.8. The van der Waals surface area contributed by atoms with Gasteiger partial charge in [-0.15, -0.1) is 0 Å². The van der Waals surface area contributed by atoms with Crippen molar-refractivity contribution < 1.29 is 4.74 Å². The monoisotopic (exact) mass is 277 g/mol. The Morgan fingerprint density at radius 1 is 1.36 bits per heavy atom. The summed E-state index contributed by atoms with van der Waals surface area (Å²) >= 11 is 9.23. The summed E-state index contributed by atoms with van der Waals surface area (Å²) in [6, 6.07) is 5.55. The highest BCUT2D eigenvalue weighted by Gasteiger charge is 1.98. The van der Waals surface area contributed by atoms with E-state index in [0.717, 1.165) is 16.8 Å². The predicted molar refractivity (Wildman–Crippen MR) is 63.2 cm³/mol. The molecule has 0 fully saturated rings. The quantitative estimate of drug-likeness (QED) is 0.839. The molecular weight excluding hydrogens is 265 g/mol. The number of ether oxygens (including phenoxy) is 1. The lowest BCUT2D eigenvalue weighted by Gasteiger charge is -2.11. The van der Waals surface area contributed by atoms with Crippen LogP contribution in [0.5, 0.6) is 5.75 Å². The van der Waals surface area contributed by atoms with Gasteiger partial charge in [0, 0.05) is 16.0 Å². The fourth-order valence-corrected chi connectivity index (χ4v) is 1.79. The van der Waals surface area contributed by atoms with Crippen molar-refractivity contribution in [2.24, 2.45) is 0 Å². The normalized spacial score (nSPS) is 10.6. The number of hydrogen-bond acceptors (Lipinski definition) is 2. The molecule has 1 aromatic carbocycles. The zero-order valence-corrected chi connectivity index (χ0v) is 10.6. The fourth-order valence-electron chi connectivity index (χ4n) is 0.958. The van der Waals surface area contributed by atoms with Crippen LogP contribution in [0.25, 0.3) is 0 Å². The second kappa shape index (κ2) is 5.59. The first-order valence-corrected chi connectivity index (χ1v) is 5.48. The SMILES string of the molecule is CN(C)CCOc1cc(Cl)cc(Br)c1. The van der Waals surface area contributed by atoms with Crippen LogP contribution in [-0.4, -0.2) is 32.1 Å². The molecule has 0 radical (unpaired) electrons. The van der Waals surface area contributed by atoms with Gasteiger partial charge in [0.05, 0.1) is 0 Å². The molecule has 0 saturated carbocycles. The Kier molecular flexibility index (Phi) is 4.72. The van der Waals surface area contributed by atoms with Crippen molar-refractivity contribution in [1.82, 2.24) is 4.90 Å². The maximum atomic E-state index is 5.87. The van der Waals surface area contributed by atoms with Crippen molar-refractivity contribution in [2.45, 2.75) is 0 Å². The topological polar surface area (TPSA) is 12.5 Å². The zero-order chi connectivity index (χ0) is 10.6. The molecule has 0 spiro atoms. The molecule has 1 rings (SSSR count). The molecule has 14 heavy (non-hydrogen) atoms. The molecule has 0 atom stereocenters. The lowest BCUT2D eigenvalue weighted by Crippen LogP contribution is -2.19. The summed E-state index contributed by atoms with van der Waals surface area (Å²) in [6.45, 7) is 1.56. The molecule has 0 bridgehead atoms. The van der Waals surface area contributed by atoms with Crippen molar-refractivity contribution in [3.8, 4) is 5.75 Å². The highest BCUT2D eigenvalue weighted by Crippen LogP contribution is 2.24. The molecule has 4 heteroatoms. The van der Waals surface area contributed by atoms with E-state index < -0.39 is 0 Å². The molecule has 0 amide bonds. The van der Waals surface area contributed by atoms with Crippen LogP contribution in [0.2, 0.25) is 5.02 Å². The van der Waals surface area contributed by atoms with E-state index in [9.17, 15) is 0 Å². The summed E-state index contributed by atoms with van der Waals surface area (Å²) in [7, 11) is 4.02. The van der Waals surface area contributed by atoms with Crippen molar-refractivity contribution >= 4 is 27.5 Å². The van der Waals surface area contributed by atoms with Crippen molar-refractivity contribution in [3.05, 3.63) is 27.7 Å². The van der Waals surface area contributed by atoms with Gasteiger partial charge in [-0.05, 0) is 32.3 Å². The standard InChI is InChI=1S/C10H13BrClNO/c1-13(2)3-4-14-10-6-8(11)5-9(12)7-10/h5-7H,3-4H2,1-2H3. The van der Waals surface area contributed by atoms with E-state index in [2.05, 4.69) is 20.8 Å². The summed E-state index contributed by atoms with van der Waals surface area (Å²) in [5.74, 6) is 0.797. The smallest absolute Gasteiger partial charge is 0.121 e. The average Bonchev–Trinajstić information content (AvgIpc) is 2.01. The first-order valence-electron chi connectivity index (χ1n) is 4.31. The van der Waals surface area contributed by atoms with Crippen LogP contribution in [0, 0.1) is 0 Å². The number of benzene rings is 1. The zero-order valence-electron chi connectivity index (χ0n) is 8.26. The molecule has 0 aliphatic carbocycles. The second-order valence-corrected chi connectivity index (χ2v) is 4.61. The van der Waals surface area contributed by atoms with Gasteiger partial charge in [-0.1, -0.05) is 27.5 Å². The molecule has 0 aliphatic rings. The minimum atomic E-state index is 0.666. The van der Waals surface area contributed by atoms with Crippen molar-refractivity contribution in [3.63, 3.8) is 0 Å². The predicted octanol–water partition coefficient (Wildman–Crippen LogP) is 3.04. The van der Waals surface area contributed by atoms with Crippen molar-refractivity contribution in [2.75, 3.05) is 27.2 Å². The Morgan fingerprint density at radius 3 is 2.64 bits per heavy atom. The van der Waals surface area contributed by atoms with Crippen LogP contribution in [0.1, 0.15) is 0 Å². The van der Waals surface area contributed by atoms with Gasteiger partial charge in [-0.3, -0.25) is 0 Å². The minimum absolute atomic E-state index is 0.666. The third-order valence-corrected chi connectivity index (χ3v) is 2.32. The van der Waals surface area contributed by atoms with Crippen LogP contribution in [0.15, 0.2) is 22.7 Å². The Labute approximate surface area is 97.9 Å². The first-order chi connectivity index (χ1) is 6.58. The highest BCUT2D eigenvalue weighted by atomic mass is 79.9. The van der Waals surface area contributed by atoms with E-state index in [-0.39, 0.29) is 0 Å². The number of nitrogens with zero attached hydrogens (tertiary/aromatic N) is 1. The van der Waals surface area contributed by atoms with Gasteiger partial charge in [-0.25, -0.2) is 0 Å². The lowest BCUT2D eigenvalue weighted by molar-refractivity contribution is 0.261. The van der Waals surface area contributed by atoms with Gasteiger partial charge in [0.1, 0.15) is 12.4 Å². The van der Waals surface area contributed by atoms with Crippen LogP contribution < -0.4 is 4.74 Å². The molecule has 0 aromatic heterocycles.